The number of carbonyl (C=O) groups excluding carboxylic acids is 2. The van der Waals surface area contributed by atoms with Crippen LogP contribution in [-0.2, 0) is 22.6 Å². The maximum Gasteiger partial charge on any atom is 0.243 e. The zero-order valence-corrected chi connectivity index (χ0v) is 17.3. The number of nitrogens with zero attached hydrogens (tertiary/aromatic N) is 1. The highest BCUT2D eigenvalue weighted by atomic mass is 16.2. The second-order valence-corrected chi connectivity index (χ2v) is 7.95. The summed E-state index contributed by atoms with van der Waals surface area (Å²) < 4.78 is 0. The van der Waals surface area contributed by atoms with Gasteiger partial charge >= 0.3 is 0 Å². The van der Waals surface area contributed by atoms with E-state index in [2.05, 4.69) is 5.32 Å². The van der Waals surface area contributed by atoms with E-state index in [0.717, 1.165) is 43.2 Å². The molecule has 0 bridgehead atoms. The molecular formula is C25H32N2O2. The molecule has 1 aliphatic rings. The van der Waals surface area contributed by atoms with Crippen LogP contribution in [0.25, 0.3) is 0 Å². The zero-order chi connectivity index (χ0) is 20.5. The van der Waals surface area contributed by atoms with E-state index in [4.69, 9.17) is 0 Å². The molecule has 1 unspecified atom stereocenters. The maximum absolute atomic E-state index is 13.3. The van der Waals surface area contributed by atoms with E-state index in [-0.39, 0.29) is 17.9 Å². The standard InChI is InChI=1S/C25H32N2O2/c1-2-11-24(28)27(19-21-14-7-4-8-15-21)23(18-20-12-5-3-6-13-20)25(29)26-22-16-9-10-17-22/h3-8,12-15,22-23H,2,9-11,16-19H2,1H3,(H,26,29). The molecule has 2 aromatic carbocycles. The van der Waals surface area contributed by atoms with Crippen LogP contribution in [0.2, 0.25) is 0 Å². The quantitative estimate of drug-likeness (QED) is 0.684. The van der Waals surface area contributed by atoms with Gasteiger partial charge in [0, 0.05) is 25.4 Å². The number of hydrogen-bond donors (Lipinski definition) is 1. The molecule has 1 aliphatic carbocycles. The van der Waals surface area contributed by atoms with E-state index >= 15 is 0 Å². The topological polar surface area (TPSA) is 49.4 Å². The number of rotatable bonds is 9. The van der Waals surface area contributed by atoms with E-state index in [0.29, 0.717) is 19.4 Å². The highest BCUT2D eigenvalue weighted by Crippen LogP contribution is 2.20. The van der Waals surface area contributed by atoms with Crippen LogP contribution in [0.5, 0.6) is 0 Å². The van der Waals surface area contributed by atoms with Crippen molar-refractivity contribution in [3.63, 3.8) is 0 Å². The SMILES string of the molecule is CCCC(=O)N(Cc1ccccc1)C(Cc1ccccc1)C(=O)NC1CCCC1. The molecule has 0 heterocycles. The molecule has 0 spiro atoms. The van der Waals surface area contributed by atoms with Crippen molar-refractivity contribution in [1.29, 1.82) is 0 Å². The Bertz CT molecular complexity index is 770. The number of carbonyl (C=O) groups is 2. The second kappa shape index (κ2) is 10.8. The lowest BCUT2D eigenvalue weighted by Crippen LogP contribution is -2.52. The number of hydrogen-bond acceptors (Lipinski definition) is 2. The minimum atomic E-state index is -0.503. The summed E-state index contributed by atoms with van der Waals surface area (Å²) in [7, 11) is 0. The van der Waals surface area contributed by atoms with E-state index in [1.807, 2.05) is 67.6 Å². The lowest BCUT2D eigenvalue weighted by molar-refractivity contribution is -0.141. The van der Waals surface area contributed by atoms with E-state index in [9.17, 15) is 9.59 Å². The van der Waals surface area contributed by atoms with Crippen LogP contribution >= 0.6 is 0 Å². The third kappa shape index (κ3) is 6.18. The molecule has 4 heteroatoms. The summed E-state index contributed by atoms with van der Waals surface area (Å²) >= 11 is 0. The zero-order valence-electron chi connectivity index (χ0n) is 17.3. The summed E-state index contributed by atoms with van der Waals surface area (Å²) in [6, 6.07) is 19.7. The predicted molar refractivity (Wildman–Crippen MR) is 116 cm³/mol. The lowest BCUT2D eigenvalue weighted by Gasteiger charge is -2.32. The van der Waals surface area contributed by atoms with Gasteiger partial charge < -0.3 is 10.2 Å². The third-order valence-corrected chi connectivity index (χ3v) is 5.63. The molecule has 3 rings (SSSR count). The molecule has 0 aliphatic heterocycles. The van der Waals surface area contributed by atoms with Crippen molar-refractivity contribution in [2.75, 3.05) is 0 Å². The minimum absolute atomic E-state index is 0.0267. The molecule has 2 aromatic rings. The van der Waals surface area contributed by atoms with Crippen LogP contribution in [-0.4, -0.2) is 28.8 Å². The van der Waals surface area contributed by atoms with Crippen LogP contribution in [0, 0.1) is 0 Å². The fourth-order valence-corrected chi connectivity index (χ4v) is 4.06. The average Bonchev–Trinajstić information content (AvgIpc) is 3.25. The van der Waals surface area contributed by atoms with Gasteiger partial charge in [0.15, 0.2) is 0 Å². The number of benzene rings is 2. The van der Waals surface area contributed by atoms with E-state index in [1.165, 1.54) is 0 Å². The van der Waals surface area contributed by atoms with Crippen molar-refractivity contribution in [3.8, 4) is 0 Å². The molecule has 4 nitrogen and oxygen atoms in total. The molecule has 29 heavy (non-hydrogen) atoms. The molecule has 1 atom stereocenters. The lowest BCUT2D eigenvalue weighted by atomic mass is 10.0. The van der Waals surface area contributed by atoms with Crippen LogP contribution in [0.15, 0.2) is 60.7 Å². The Labute approximate surface area is 174 Å². The fraction of sp³-hybridized carbons (Fsp3) is 0.440. The van der Waals surface area contributed by atoms with Crippen molar-refractivity contribution >= 4 is 11.8 Å². The first kappa shape index (κ1) is 21.1. The molecular weight excluding hydrogens is 360 g/mol. The summed E-state index contributed by atoms with van der Waals surface area (Å²) in [5.74, 6) is 0.0139. The molecule has 2 amide bonds. The Hall–Kier alpha value is -2.62. The van der Waals surface area contributed by atoms with Gasteiger partial charge in [-0.05, 0) is 30.4 Å². The van der Waals surface area contributed by atoms with Gasteiger partial charge in [0.25, 0.3) is 0 Å². The van der Waals surface area contributed by atoms with Gasteiger partial charge in [0.1, 0.15) is 6.04 Å². The van der Waals surface area contributed by atoms with Crippen molar-refractivity contribution in [2.24, 2.45) is 0 Å². The number of amides is 2. The van der Waals surface area contributed by atoms with Gasteiger partial charge in [-0.25, -0.2) is 0 Å². The first-order chi connectivity index (χ1) is 14.2. The van der Waals surface area contributed by atoms with Crippen molar-refractivity contribution in [3.05, 3.63) is 71.8 Å². The Kier molecular flexibility index (Phi) is 7.85. The van der Waals surface area contributed by atoms with Crippen LogP contribution in [0.1, 0.15) is 56.6 Å². The first-order valence-corrected chi connectivity index (χ1v) is 10.8. The summed E-state index contributed by atoms with van der Waals surface area (Å²) in [4.78, 5) is 28.2. The number of nitrogens with one attached hydrogen (secondary N) is 1. The summed E-state index contributed by atoms with van der Waals surface area (Å²) in [5.41, 5.74) is 2.12. The third-order valence-electron chi connectivity index (χ3n) is 5.63. The smallest absolute Gasteiger partial charge is 0.243 e. The Morgan fingerprint density at radius 1 is 0.966 bits per heavy atom. The summed E-state index contributed by atoms with van der Waals surface area (Å²) in [6.45, 7) is 2.46. The fourth-order valence-electron chi connectivity index (χ4n) is 4.06. The maximum atomic E-state index is 13.3. The molecule has 1 N–H and O–H groups in total. The first-order valence-electron chi connectivity index (χ1n) is 10.8. The van der Waals surface area contributed by atoms with Gasteiger partial charge in [-0.3, -0.25) is 9.59 Å². The summed E-state index contributed by atoms with van der Waals surface area (Å²) in [5, 5.41) is 3.23. The molecule has 0 saturated heterocycles. The highest BCUT2D eigenvalue weighted by molar-refractivity contribution is 5.88. The van der Waals surface area contributed by atoms with Gasteiger partial charge in [-0.2, -0.15) is 0 Å². The van der Waals surface area contributed by atoms with E-state index in [1.54, 1.807) is 4.90 Å². The average molecular weight is 393 g/mol. The molecule has 154 valence electrons. The van der Waals surface area contributed by atoms with Crippen molar-refractivity contribution < 1.29 is 9.59 Å². The van der Waals surface area contributed by atoms with E-state index < -0.39 is 6.04 Å². The van der Waals surface area contributed by atoms with Crippen LogP contribution in [0.3, 0.4) is 0 Å². The van der Waals surface area contributed by atoms with Crippen molar-refractivity contribution in [2.45, 2.75) is 70.5 Å². The van der Waals surface area contributed by atoms with Gasteiger partial charge in [0.2, 0.25) is 11.8 Å². The molecule has 1 fully saturated rings. The second-order valence-electron chi connectivity index (χ2n) is 7.95. The van der Waals surface area contributed by atoms with Crippen molar-refractivity contribution in [1.82, 2.24) is 10.2 Å². The molecule has 0 aromatic heterocycles. The Morgan fingerprint density at radius 2 is 1.55 bits per heavy atom. The minimum Gasteiger partial charge on any atom is -0.352 e. The normalized spacial score (nSPS) is 15.1. The Morgan fingerprint density at radius 3 is 2.14 bits per heavy atom. The van der Waals surface area contributed by atoms with Gasteiger partial charge in [0.05, 0.1) is 0 Å². The largest absolute Gasteiger partial charge is 0.352 e. The molecule has 1 saturated carbocycles. The van der Waals surface area contributed by atoms with Crippen LogP contribution in [0.4, 0.5) is 0 Å². The predicted octanol–water partition coefficient (Wildman–Crippen LogP) is 4.49. The van der Waals surface area contributed by atoms with Gasteiger partial charge in [-0.1, -0.05) is 80.4 Å². The summed E-state index contributed by atoms with van der Waals surface area (Å²) in [6.07, 6.45) is 6.15. The monoisotopic (exact) mass is 392 g/mol. The Balaban J connectivity index is 1.86. The molecule has 0 radical (unpaired) electrons. The van der Waals surface area contributed by atoms with Crippen LogP contribution < -0.4 is 5.32 Å². The van der Waals surface area contributed by atoms with Gasteiger partial charge in [-0.15, -0.1) is 0 Å². The highest BCUT2D eigenvalue weighted by Gasteiger charge is 2.31.